The molecule has 3 nitrogen and oxygen atoms in total. The van der Waals surface area contributed by atoms with Crippen molar-refractivity contribution in [2.45, 2.75) is 18.6 Å². The second-order valence-corrected chi connectivity index (χ2v) is 6.21. The molecule has 1 aliphatic rings. The number of benzene rings is 1. The molecule has 1 unspecified atom stereocenters. The summed E-state index contributed by atoms with van der Waals surface area (Å²) < 4.78 is 13.3. The van der Waals surface area contributed by atoms with Crippen LogP contribution in [0.25, 0.3) is 0 Å². The van der Waals surface area contributed by atoms with Gasteiger partial charge >= 0.3 is 0 Å². The summed E-state index contributed by atoms with van der Waals surface area (Å²) in [5, 5.41) is 9.23. The van der Waals surface area contributed by atoms with Gasteiger partial charge in [0, 0.05) is 29.7 Å². The number of thioether (sulfide) groups is 1. The molecule has 0 aliphatic carbocycles. The number of amides is 1. The molecule has 0 radical (unpaired) electrons. The van der Waals surface area contributed by atoms with E-state index in [0.717, 1.165) is 12.2 Å². The van der Waals surface area contributed by atoms with Gasteiger partial charge in [-0.15, -0.1) is 0 Å². The third kappa shape index (κ3) is 3.99. The first kappa shape index (κ1) is 15.9. The molecule has 112 valence electrons. The Morgan fingerprint density at radius 1 is 1.57 bits per heavy atom. The summed E-state index contributed by atoms with van der Waals surface area (Å²) in [6, 6.07) is 3.99. The van der Waals surface area contributed by atoms with Gasteiger partial charge in [-0.05, 0) is 24.6 Å². The van der Waals surface area contributed by atoms with E-state index in [0.29, 0.717) is 29.5 Å². The van der Waals surface area contributed by atoms with E-state index in [9.17, 15) is 9.18 Å². The van der Waals surface area contributed by atoms with E-state index in [4.69, 9.17) is 5.11 Å². The number of aliphatic hydroxyl groups excluding tert-OH is 1. The lowest BCUT2D eigenvalue weighted by Gasteiger charge is -2.32. The van der Waals surface area contributed by atoms with Gasteiger partial charge in [0.15, 0.2) is 0 Å². The molecule has 5 heteroatoms. The first-order valence-corrected chi connectivity index (χ1v) is 8.00. The second kappa shape index (κ2) is 7.48. The first-order valence-electron chi connectivity index (χ1n) is 6.95. The number of hydrogen-bond donors (Lipinski definition) is 1. The Balaban J connectivity index is 2.26. The zero-order valence-electron chi connectivity index (χ0n) is 11.9. The Morgan fingerprint density at radius 3 is 3.10 bits per heavy atom. The molecule has 0 bridgehead atoms. The van der Waals surface area contributed by atoms with Gasteiger partial charge in [0.25, 0.3) is 5.91 Å². The molecular formula is C16H18FNO2S. The van der Waals surface area contributed by atoms with Crippen LogP contribution in [0.3, 0.4) is 0 Å². The minimum absolute atomic E-state index is 0.115. The molecule has 1 N–H and O–H groups in total. The maximum absolute atomic E-state index is 13.3. The number of nitrogens with zero attached hydrogens (tertiary/aromatic N) is 1. The summed E-state index contributed by atoms with van der Waals surface area (Å²) in [5.74, 6) is 5.50. The number of carbonyl (C=O) groups is 1. The fourth-order valence-corrected chi connectivity index (χ4v) is 3.44. The van der Waals surface area contributed by atoms with Crippen molar-refractivity contribution in [1.82, 2.24) is 4.90 Å². The van der Waals surface area contributed by atoms with Gasteiger partial charge in [-0.25, -0.2) is 4.39 Å². The zero-order valence-corrected chi connectivity index (χ0v) is 12.8. The highest BCUT2D eigenvalue weighted by Crippen LogP contribution is 2.23. The van der Waals surface area contributed by atoms with Gasteiger partial charge in [-0.2, -0.15) is 11.8 Å². The van der Waals surface area contributed by atoms with Crippen LogP contribution in [0.5, 0.6) is 0 Å². The van der Waals surface area contributed by atoms with Crippen molar-refractivity contribution in [1.29, 1.82) is 0 Å². The van der Waals surface area contributed by atoms with Crippen molar-refractivity contribution in [3.8, 4) is 11.8 Å². The van der Waals surface area contributed by atoms with Crippen LogP contribution in [0, 0.1) is 17.7 Å². The van der Waals surface area contributed by atoms with Crippen LogP contribution in [-0.2, 0) is 0 Å². The van der Waals surface area contributed by atoms with E-state index >= 15 is 0 Å². The molecule has 21 heavy (non-hydrogen) atoms. The zero-order chi connectivity index (χ0) is 15.2. The highest BCUT2D eigenvalue weighted by atomic mass is 32.2. The van der Waals surface area contributed by atoms with Gasteiger partial charge in [0.1, 0.15) is 12.4 Å². The molecule has 1 fully saturated rings. The van der Waals surface area contributed by atoms with Crippen molar-refractivity contribution in [3.05, 3.63) is 35.1 Å². The Bertz CT molecular complexity index is 579. The molecule has 0 aromatic heterocycles. The number of carbonyl (C=O) groups excluding carboxylic acids is 1. The minimum atomic E-state index is -0.436. The number of aliphatic hydroxyl groups is 1. The topological polar surface area (TPSA) is 40.5 Å². The van der Waals surface area contributed by atoms with E-state index in [2.05, 4.69) is 18.8 Å². The average Bonchev–Trinajstić information content (AvgIpc) is 2.52. The Hall–Kier alpha value is -1.51. The quantitative estimate of drug-likeness (QED) is 0.851. The first-order chi connectivity index (χ1) is 10.2. The summed E-state index contributed by atoms with van der Waals surface area (Å²) in [7, 11) is 0. The molecule has 1 aromatic rings. The molecule has 1 amide bonds. The SMILES string of the molecule is CCC1CN(C(=O)c2ccc(F)cc2C#CCO)CCS1. The summed E-state index contributed by atoms with van der Waals surface area (Å²) in [6.45, 7) is 3.21. The van der Waals surface area contributed by atoms with E-state index in [1.165, 1.54) is 18.2 Å². The second-order valence-electron chi connectivity index (χ2n) is 4.80. The van der Waals surface area contributed by atoms with E-state index in [1.54, 1.807) is 0 Å². The molecule has 1 aliphatic heterocycles. The lowest BCUT2D eigenvalue weighted by atomic mass is 10.1. The highest BCUT2D eigenvalue weighted by Gasteiger charge is 2.25. The normalized spacial score (nSPS) is 18.0. The van der Waals surface area contributed by atoms with Crippen molar-refractivity contribution >= 4 is 17.7 Å². The highest BCUT2D eigenvalue weighted by molar-refractivity contribution is 8.00. The van der Waals surface area contributed by atoms with Crippen LogP contribution in [0.2, 0.25) is 0 Å². The third-order valence-corrected chi connectivity index (χ3v) is 4.77. The van der Waals surface area contributed by atoms with Crippen molar-refractivity contribution in [2.24, 2.45) is 0 Å². The maximum Gasteiger partial charge on any atom is 0.255 e. The van der Waals surface area contributed by atoms with E-state index in [-0.39, 0.29) is 12.5 Å². The predicted octanol–water partition coefficient (Wildman–Crippen LogP) is 2.14. The summed E-state index contributed by atoms with van der Waals surface area (Å²) in [4.78, 5) is 14.4. The Labute approximate surface area is 128 Å². The Morgan fingerprint density at radius 2 is 2.38 bits per heavy atom. The van der Waals surface area contributed by atoms with E-state index < -0.39 is 5.82 Å². The third-order valence-electron chi connectivity index (χ3n) is 3.40. The van der Waals surface area contributed by atoms with Crippen molar-refractivity contribution < 1.29 is 14.3 Å². The largest absolute Gasteiger partial charge is 0.384 e. The summed E-state index contributed by atoms with van der Waals surface area (Å²) >= 11 is 1.89. The molecule has 0 saturated carbocycles. The lowest BCUT2D eigenvalue weighted by molar-refractivity contribution is 0.0760. The smallest absolute Gasteiger partial charge is 0.255 e. The number of hydrogen-bond acceptors (Lipinski definition) is 3. The molecule has 0 spiro atoms. The fourth-order valence-electron chi connectivity index (χ4n) is 2.26. The van der Waals surface area contributed by atoms with Crippen molar-refractivity contribution in [2.75, 3.05) is 25.4 Å². The maximum atomic E-state index is 13.3. The monoisotopic (exact) mass is 307 g/mol. The lowest BCUT2D eigenvalue weighted by Crippen LogP contribution is -2.42. The summed E-state index contributed by atoms with van der Waals surface area (Å²) in [6.07, 6.45) is 1.02. The summed E-state index contributed by atoms with van der Waals surface area (Å²) in [5.41, 5.74) is 0.736. The van der Waals surface area contributed by atoms with Crippen LogP contribution in [0.15, 0.2) is 18.2 Å². The van der Waals surface area contributed by atoms with Crippen LogP contribution < -0.4 is 0 Å². The van der Waals surface area contributed by atoms with Gasteiger partial charge in [0.05, 0.1) is 5.56 Å². The average molecular weight is 307 g/mol. The van der Waals surface area contributed by atoms with Crippen LogP contribution in [0.4, 0.5) is 4.39 Å². The van der Waals surface area contributed by atoms with Crippen LogP contribution >= 0.6 is 11.8 Å². The molecule has 1 saturated heterocycles. The Kier molecular flexibility index (Phi) is 5.66. The molecule has 2 rings (SSSR count). The van der Waals surface area contributed by atoms with Gasteiger partial charge < -0.3 is 10.0 Å². The van der Waals surface area contributed by atoms with Gasteiger partial charge in [0.2, 0.25) is 0 Å². The molecule has 1 heterocycles. The fraction of sp³-hybridized carbons (Fsp3) is 0.438. The number of halogens is 1. The predicted molar refractivity (Wildman–Crippen MR) is 82.8 cm³/mol. The molecular weight excluding hydrogens is 289 g/mol. The standard InChI is InChI=1S/C16H18FNO2S/c1-2-14-11-18(7-9-21-14)16(20)15-6-5-13(17)10-12(15)4-3-8-19/h5-6,10,14,19H,2,7-9,11H2,1H3. The van der Waals surface area contributed by atoms with E-state index in [1.807, 2.05) is 16.7 Å². The van der Waals surface area contributed by atoms with Gasteiger partial charge in [-0.3, -0.25) is 4.79 Å². The molecule has 1 atom stereocenters. The number of rotatable bonds is 2. The van der Waals surface area contributed by atoms with Crippen LogP contribution in [-0.4, -0.2) is 46.6 Å². The minimum Gasteiger partial charge on any atom is -0.384 e. The van der Waals surface area contributed by atoms with Crippen molar-refractivity contribution in [3.63, 3.8) is 0 Å². The van der Waals surface area contributed by atoms with Gasteiger partial charge in [-0.1, -0.05) is 18.8 Å². The van der Waals surface area contributed by atoms with Crippen LogP contribution in [0.1, 0.15) is 29.3 Å². The molecule has 1 aromatic carbocycles.